The molecule has 104 valence electrons. The van der Waals surface area contributed by atoms with Crippen LogP contribution in [0, 0.1) is 5.92 Å². The molecule has 0 aliphatic heterocycles. The number of amides is 1. The van der Waals surface area contributed by atoms with Gasteiger partial charge in [0.25, 0.3) is 0 Å². The van der Waals surface area contributed by atoms with E-state index < -0.39 is 0 Å². The Morgan fingerprint density at radius 3 is 2.68 bits per heavy atom. The topological polar surface area (TPSA) is 46.2 Å². The summed E-state index contributed by atoms with van der Waals surface area (Å²) in [4.78, 5) is 23.1. The first-order valence-corrected chi connectivity index (χ1v) is 6.92. The Morgan fingerprint density at radius 2 is 2.05 bits per heavy atom. The Hall–Kier alpha value is -1.64. The third-order valence-electron chi connectivity index (χ3n) is 3.24. The van der Waals surface area contributed by atoms with Gasteiger partial charge in [-0.05, 0) is 25.0 Å². The number of hydrogen-bond donors (Lipinski definition) is 1. The molecular formula is C16H23NO2. The predicted octanol–water partition coefficient (Wildman–Crippen LogP) is 3.33. The third-order valence-corrected chi connectivity index (χ3v) is 3.24. The lowest BCUT2D eigenvalue weighted by molar-refractivity contribution is -0.124. The van der Waals surface area contributed by atoms with E-state index in [-0.39, 0.29) is 17.6 Å². The first-order valence-electron chi connectivity index (χ1n) is 6.92. The van der Waals surface area contributed by atoms with Crippen LogP contribution < -0.4 is 5.32 Å². The van der Waals surface area contributed by atoms with Crippen molar-refractivity contribution in [3.63, 3.8) is 0 Å². The van der Waals surface area contributed by atoms with Crippen molar-refractivity contribution < 1.29 is 9.59 Å². The molecule has 1 aromatic rings. The Morgan fingerprint density at radius 1 is 1.32 bits per heavy atom. The van der Waals surface area contributed by atoms with Crippen LogP contribution in [0.15, 0.2) is 24.3 Å². The highest BCUT2D eigenvalue weighted by atomic mass is 16.1. The summed E-state index contributed by atoms with van der Waals surface area (Å²) >= 11 is 0. The number of carbonyl (C=O) groups excluding carboxylic acids is 2. The molecule has 0 aromatic heterocycles. The summed E-state index contributed by atoms with van der Waals surface area (Å²) < 4.78 is 0. The van der Waals surface area contributed by atoms with Gasteiger partial charge in [-0.1, -0.05) is 44.9 Å². The van der Waals surface area contributed by atoms with E-state index in [0.29, 0.717) is 12.1 Å². The van der Waals surface area contributed by atoms with Crippen LogP contribution in [0.3, 0.4) is 0 Å². The van der Waals surface area contributed by atoms with Crippen LogP contribution in [-0.2, 0) is 11.3 Å². The number of Topliss-reactive ketones (excluding diaryl/α,β-unsaturated/α-hetero) is 1. The predicted molar refractivity (Wildman–Crippen MR) is 77.0 cm³/mol. The van der Waals surface area contributed by atoms with Gasteiger partial charge in [0.1, 0.15) is 0 Å². The normalized spacial score (nSPS) is 11.9. The molecule has 0 saturated heterocycles. The van der Waals surface area contributed by atoms with Crippen LogP contribution in [0.25, 0.3) is 0 Å². The van der Waals surface area contributed by atoms with E-state index in [1.165, 1.54) is 0 Å². The van der Waals surface area contributed by atoms with Crippen LogP contribution >= 0.6 is 0 Å². The molecule has 3 heteroatoms. The number of carbonyl (C=O) groups is 2. The second-order valence-electron chi connectivity index (χ2n) is 5.02. The standard InChI is InChI=1S/C16H23NO2/c1-4-5-7-12(2)16(19)17-11-14-8-6-9-15(10-14)13(3)18/h6,8-10,12H,4-5,7,11H2,1-3H3,(H,17,19)/t12-/m1/s1. The van der Waals surface area contributed by atoms with Crippen molar-refractivity contribution in [3.8, 4) is 0 Å². The molecule has 0 aliphatic rings. The molecule has 19 heavy (non-hydrogen) atoms. The molecule has 1 amide bonds. The average Bonchev–Trinajstić information content (AvgIpc) is 2.42. The van der Waals surface area contributed by atoms with Crippen molar-refractivity contribution in [2.45, 2.75) is 46.6 Å². The summed E-state index contributed by atoms with van der Waals surface area (Å²) in [6, 6.07) is 7.39. The van der Waals surface area contributed by atoms with Gasteiger partial charge in [0.2, 0.25) is 5.91 Å². The summed E-state index contributed by atoms with van der Waals surface area (Å²) in [5, 5.41) is 2.92. The molecule has 0 radical (unpaired) electrons. The van der Waals surface area contributed by atoms with Gasteiger partial charge in [0.05, 0.1) is 0 Å². The highest BCUT2D eigenvalue weighted by Gasteiger charge is 2.11. The van der Waals surface area contributed by atoms with Crippen molar-refractivity contribution in [2.24, 2.45) is 5.92 Å². The van der Waals surface area contributed by atoms with E-state index in [9.17, 15) is 9.59 Å². The zero-order chi connectivity index (χ0) is 14.3. The fraction of sp³-hybridized carbons (Fsp3) is 0.500. The maximum atomic E-state index is 11.9. The molecule has 0 heterocycles. The minimum absolute atomic E-state index is 0.0458. The Kier molecular flexibility index (Phi) is 6.26. The molecule has 1 N–H and O–H groups in total. The summed E-state index contributed by atoms with van der Waals surface area (Å²) in [6.45, 7) is 6.11. The first-order chi connectivity index (χ1) is 9.04. The monoisotopic (exact) mass is 261 g/mol. The number of unbranched alkanes of at least 4 members (excludes halogenated alkanes) is 1. The minimum Gasteiger partial charge on any atom is -0.352 e. The molecule has 0 spiro atoms. The average molecular weight is 261 g/mol. The maximum Gasteiger partial charge on any atom is 0.223 e. The fourth-order valence-corrected chi connectivity index (χ4v) is 1.91. The van der Waals surface area contributed by atoms with Crippen LogP contribution in [0.5, 0.6) is 0 Å². The van der Waals surface area contributed by atoms with Crippen molar-refractivity contribution in [1.82, 2.24) is 5.32 Å². The molecule has 0 bridgehead atoms. The number of benzene rings is 1. The van der Waals surface area contributed by atoms with Crippen LogP contribution in [0.2, 0.25) is 0 Å². The second kappa shape index (κ2) is 7.72. The lowest BCUT2D eigenvalue weighted by Gasteiger charge is -2.12. The van der Waals surface area contributed by atoms with E-state index in [1.54, 1.807) is 13.0 Å². The van der Waals surface area contributed by atoms with Gasteiger partial charge < -0.3 is 5.32 Å². The maximum absolute atomic E-state index is 11.9. The van der Waals surface area contributed by atoms with Crippen LogP contribution in [-0.4, -0.2) is 11.7 Å². The number of ketones is 1. The third kappa shape index (κ3) is 5.25. The van der Waals surface area contributed by atoms with Crippen molar-refractivity contribution >= 4 is 11.7 Å². The van der Waals surface area contributed by atoms with Gasteiger partial charge in [0, 0.05) is 18.0 Å². The minimum atomic E-state index is 0.0458. The van der Waals surface area contributed by atoms with E-state index in [2.05, 4.69) is 12.2 Å². The van der Waals surface area contributed by atoms with E-state index in [1.807, 2.05) is 25.1 Å². The molecule has 0 saturated carbocycles. The van der Waals surface area contributed by atoms with Gasteiger partial charge in [-0.3, -0.25) is 9.59 Å². The molecule has 1 atom stereocenters. The summed E-state index contributed by atoms with van der Waals surface area (Å²) in [7, 11) is 0. The van der Waals surface area contributed by atoms with Crippen molar-refractivity contribution in [1.29, 1.82) is 0 Å². The molecule has 1 aromatic carbocycles. The smallest absolute Gasteiger partial charge is 0.223 e. The molecule has 0 unspecified atom stereocenters. The van der Waals surface area contributed by atoms with E-state index in [0.717, 1.165) is 24.8 Å². The van der Waals surface area contributed by atoms with Crippen molar-refractivity contribution in [3.05, 3.63) is 35.4 Å². The van der Waals surface area contributed by atoms with Gasteiger partial charge in [0.15, 0.2) is 5.78 Å². The Labute approximate surface area is 115 Å². The largest absolute Gasteiger partial charge is 0.352 e. The molecule has 0 fully saturated rings. The van der Waals surface area contributed by atoms with Gasteiger partial charge in [-0.15, -0.1) is 0 Å². The number of hydrogen-bond acceptors (Lipinski definition) is 2. The molecule has 3 nitrogen and oxygen atoms in total. The highest BCUT2D eigenvalue weighted by molar-refractivity contribution is 5.94. The zero-order valence-corrected chi connectivity index (χ0v) is 12.0. The summed E-state index contributed by atoms with van der Waals surface area (Å²) in [5.41, 5.74) is 1.65. The Bertz CT molecular complexity index is 440. The lowest BCUT2D eigenvalue weighted by atomic mass is 10.0. The van der Waals surface area contributed by atoms with Crippen LogP contribution in [0.1, 0.15) is 56.0 Å². The molecule has 0 aliphatic carbocycles. The number of rotatable bonds is 7. The molecular weight excluding hydrogens is 238 g/mol. The zero-order valence-electron chi connectivity index (χ0n) is 12.0. The lowest BCUT2D eigenvalue weighted by Crippen LogP contribution is -2.28. The quantitative estimate of drug-likeness (QED) is 0.765. The number of nitrogens with one attached hydrogen (secondary N) is 1. The van der Waals surface area contributed by atoms with E-state index in [4.69, 9.17) is 0 Å². The van der Waals surface area contributed by atoms with Gasteiger partial charge in [-0.2, -0.15) is 0 Å². The SMILES string of the molecule is CCCC[C@@H](C)C(=O)NCc1cccc(C(C)=O)c1. The van der Waals surface area contributed by atoms with Gasteiger partial charge >= 0.3 is 0 Å². The highest BCUT2D eigenvalue weighted by Crippen LogP contribution is 2.09. The van der Waals surface area contributed by atoms with Gasteiger partial charge in [-0.25, -0.2) is 0 Å². The Balaban J connectivity index is 2.50. The fourth-order valence-electron chi connectivity index (χ4n) is 1.91. The molecule has 1 rings (SSSR count). The second-order valence-corrected chi connectivity index (χ2v) is 5.02. The van der Waals surface area contributed by atoms with Crippen LogP contribution in [0.4, 0.5) is 0 Å². The van der Waals surface area contributed by atoms with E-state index >= 15 is 0 Å². The van der Waals surface area contributed by atoms with Crippen molar-refractivity contribution in [2.75, 3.05) is 0 Å². The first kappa shape index (κ1) is 15.4. The summed E-state index contributed by atoms with van der Waals surface area (Å²) in [6.07, 6.45) is 3.11. The summed E-state index contributed by atoms with van der Waals surface area (Å²) in [5.74, 6) is 0.183.